The van der Waals surface area contributed by atoms with Crippen molar-refractivity contribution in [3.63, 3.8) is 0 Å². The standard InChI is InChI=1S/C14H9ClN2/c15-12-5-3-10(4-6-12)13-9-16-8-11-2-1-7-17-14(11)13/h1-9H. The van der Waals surface area contributed by atoms with Crippen molar-refractivity contribution in [2.75, 3.05) is 0 Å². The highest BCUT2D eigenvalue weighted by atomic mass is 35.5. The van der Waals surface area contributed by atoms with Crippen LogP contribution in [0.4, 0.5) is 0 Å². The Morgan fingerprint density at radius 1 is 0.941 bits per heavy atom. The van der Waals surface area contributed by atoms with E-state index < -0.39 is 0 Å². The molecule has 3 rings (SSSR count). The number of fused-ring (bicyclic) bond motifs is 1. The summed E-state index contributed by atoms with van der Waals surface area (Å²) in [7, 11) is 0. The highest BCUT2D eigenvalue weighted by Crippen LogP contribution is 2.26. The second-order valence-corrected chi connectivity index (χ2v) is 4.21. The van der Waals surface area contributed by atoms with Gasteiger partial charge in [-0.1, -0.05) is 23.7 Å². The van der Waals surface area contributed by atoms with Crippen LogP contribution in [0.3, 0.4) is 0 Å². The summed E-state index contributed by atoms with van der Waals surface area (Å²) >= 11 is 5.89. The maximum atomic E-state index is 5.89. The molecule has 82 valence electrons. The van der Waals surface area contributed by atoms with E-state index in [2.05, 4.69) is 9.97 Å². The van der Waals surface area contributed by atoms with Crippen molar-refractivity contribution in [1.29, 1.82) is 0 Å². The van der Waals surface area contributed by atoms with Crippen LogP contribution in [0.15, 0.2) is 55.0 Å². The van der Waals surface area contributed by atoms with Gasteiger partial charge in [-0.15, -0.1) is 0 Å². The molecular weight excluding hydrogens is 232 g/mol. The summed E-state index contributed by atoms with van der Waals surface area (Å²) in [5, 5.41) is 1.77. The summed E-state index contributed by atoms with van der Waals surface area (Å²) in [4.78, 5) is 8.65. The molecule has 0 unspecified atom stereocenters. The van der Waals surface area contributed by atoms with Crippen molar-refractivity contribution in [2.24, 2.45) is 0 Å². The molecule has 0 atom stereocenters. The van der Waals surface area contributed by atoms with E-state index in [1.807, 2.05) is 48.8 Å². The number of hydrogen-bond donors (Lipinski definition) is 0. The number of benzene rings is 1. The Bertz CT molecular complexity index is 657. The monoisotopic (exact) mass is 240 g/mol. The lowest BCUT2D eigenvalue weighted by Gasteiger charge is -2.04. The molecule has 1 aromatic carbocycles. The molecule has 3 aromatic rings. The van der Waals surface area contributed by atoms with E-state index in [0.29, 0.717) is 0 Å². The van der Waals surface area contributed by atoms with E-state index in [0.717, 1.165) is 27.1 Å². The van der Waals surface area contributed by atoms with Crippen molar-refractivity contribution >= 4 is 22.5 Å². The van der Waals surface area contributed by atoms with E-state index in [1.54, 1.807) is 6.20 Å². The summed E-state index contributed by atoms with van der Waals surface area (Å²) in [5.41, 5.74) is 3.07. The zero-order valence-corrected chi connectivity index (χ0v) is 9.72. The Morgan fingerprint density at radius 2 is 1.76 bits per heavy atom. The predicted octanol–water partition coefficient (Wildman–Crippen LogP) is 3.95. The average Bonchev–Trinajstić information content (AvgIpc) is 2.39. The van der Waals surface area contributed by atoms with Crippen LogP contribution < -0.4 is 0 Å². The molecule has 3 heteroatoms. The first kappa shape index (κ1) is 10.2. The molecule has 2 heterocycles. The van der Waals surface area contributed by atoms with Crippen molar-refractivity contribution in [1.82, 2.24) is 9.97 Å². The Hall–Kier alpha value is -1.93. The quantitative estimate of drug-likeness (QED) is 0.644. The molecule has 0 saturated carbocycles. The normalized spacial score (nSPS) is 10.6. The summed E-state index contributed by atoms with van der Waals surface area (Å²) in [6, 6.07) is 11.6. The lowest BCUT2D eigenvalue weighted by Crippen LogP contribution is -1.86. The van der Waals surface area contributed by atoms with Crippen LogP contribution in [0.25, 0.3) is 22.0 Å². The lowest BCUT2D eigenvalue weighted by molar-refractivity contribution is 1.32. The Balaban J connectivity index is 2.27. The smallest absolute Gasteiger partial charge is 0.0811 e. The highest BCUT2D eigenvalue weighted by molar-refractivity contribution is 6.30. The van der Waals surface area contributed by atoms with E-state index in [-0.39, 0.29) is 0 Å². The molecule has 0 aliphatic carbocycles. The first-order valence-corrected chi connectivity index (χ1v) is 5.67. The van der Waals surface area contributed by atoms with Gasteiger partial charge in [0.05, 0.1) is 5.52 Å². The van der Waals surface area contributed by atoms with E-state index >= 15 is 0 Å². The first-order chi connectivity index (χ1) is 8.34. The number of nitrogens with zero attached hydrogens (tertiary/aromatic N) is 2. The third kappa shape index (κ3) is 1.87. The second kappa shape index (κ2) is 4.15. The van der Waals surface area contributed by atoms with Crippen LogP contribution >= 0.6 is 11.6 Å². The van der Waals surface area contributed by atoms with Gasteiger partial charge in [-0.05, 0) is 29.8 Å². The van der Waals surface area contributed by atoms with Gasteiger partial charge in [0.1, 0.15) is 0 Å². The van der Waals surface area contributed by atoms with Crippen LogP contribution in [-0.4, -0.2) is 9.97 Å². The minimum Gasteiger partial charge on any atom is -0.263 e. The molecule has 0 aliphatic rings. The lowest BCUT2D eigenvalue weighted by atomic mass is 10.1. The number of rotatable bonds is 1. The van der Waals surface area contributed by atoms with Gasteiger partial charge >= 0.3 is 0 Å². The molecule has 0 radical (unpaired) electrons. The maximum Gasteiger partial charge on any atom is 0.0811 e. The highest BCUT2D eigenvalue weighted by Gasteiger charge is 2.04. The van der Waals surface area contributed by atoms with Crippen LogP contribution in [0, 0.1) is 0 Å². The van der Waals surface area contributed by atoms with Crippen molar-refractivity contribution in [2.45, 2.75) is 0 Å². The molecule has 0 bridgehead atoms. The topological polar surface area (TPSA) is 25.8 Å². The molecule has 2 nitrogen and oxygen atoms in total. The number of halogens is 1. The fourth-order valence-corrected chi connectivity index (χ4v) is 1.97. The number of pyridine rings is 2. The van der Waals surface area contributed by atoms with E-state index in [4.69, 9.17) is 11.6 Å². The maximum absolute atomic E-state index is 5.89. The van der Waals surface area contributed by atoms with Gasteiger partial charge in [0, 0.05) is 34.6 Å². The zero-order chi connectivity index (χ0) is 11.7. The van der Waals surface area contributed by atoms with E-state index in [9.17, 15) is 0 Å². The average molecular weight is 241 g/mol. The molecule has 2 aromatic heterocycles. The van der Waals surface area contributed by atoms with Gasteiger partial charge in [0.15, 0.2) is 0 Å². The molecule has 0 saturated heterocycles. The molecule has 0 amide bonds. The third-order valence-corrected chi connectivity index (χ3v) is 2.92. The van der Waals surface area contributed by atoms with Crippen LogP contribution in [0.1, 0.15) is 0 Å². The van der Waals surface area contributed by atoms with Crippen molar-refractivity contribution in [3.8, 4) is 11.1 Å². The Kier molecular flexibility index (Phi) is 2.50. The first-order valence-electron chi connectivity index (χ1n) is 5.29. The fraction of sp³-hybridized carbons (Fsp3) is 0. The molecule has 0 spiro atoms. The third-order valence-electron chi connectivity index (χ3n) is 2.67. The Morgan fingerprint density at radius 3 is 2.59 bits per heavy atom. The van der Waals surface area contributed by atoms with Crippen LogP contribution in [0.5, 0.6) is 0 Å². The molecule has 0 N–H and O–H groups in total. The zero-order valence-electron chi connectivity index (χ0n) is 8.97. The van der Waals surface area contributed by atoms with Gasteiger partial charge < -0.3 is 0 Å². The van der Waals surface area contributed by atoms with Crippen LogP contribution in [0.2, 0.25) is 5.02 Å². The largest absolute Gasteiger partial charge is 0.263 e. The SMILES string of the molecule is Clc1ccc(-c2cncc3cccnc23)cc1. The van der Waals surface area contributed by atoms with Gasteiger partial charge in [-0.25, -0.2) is 0 Å². The minimum absolute atomic E-state index is 0.731. The Labute approximate surface area is 104 Å². The van der Waals surface area contributed by atoms with Gasteiger partial charge in [0.25, 0.3) is 0 Å². The van der Waals surface area contributed by atoms with Crippen molar-refractivity contribution < 1.29 is 0 Å². The summed E-state index contributed by atoms with van der Waals surface area (Å²) in [6.45, 7) is 0. The predicted molar refractivity (Wildman–Crippen MR) is 70.0 cm³/mol. The minimum atomic E-state index is 0.731. The van der Waals surface area contributed by atoms with E-state index in [1.165, 1.54) is 0 Å². The number of hydrogen-bond acceptors (Lipinski definition) is 2. The molecular formula is C14H9ClN2. The fourth-order valence-electron chi connectivity index (χ4n) is 1.84. The van der Waals surface area contributed by atoms with Gasteiger partial charge in [0.2, 0.25) is 0 Å². The molecule has 0 aliphatic heterocycles. The van der Waals surface area contributed by atoms with Crippen molar-refractivity contribution in [3.05, 3.63) is 60.0 Å². The van der Waals surface area contributed by atoms with Gasteiger partial charge in [-0.2, -0.15) is 0 Å². The molecule has 17 heavy (non-hydrogen) atoms. The van der Waals surface area contributed by atoms with Crippen LogP contribution in [-0.2, 0) is 0 Å². The summed E-state index contributed by atoms with van der Waals surface area (Å²) in [6.07, 6.45) is 5.45. The van der Waals surface area contributed by atoms with Gasteiger partial charge in [-0.3, -0.25) is 9.97 Å². The second-order valence-electron chi connectivity index (χ2n) is 3.77. The molecule has 0 fully saturated rings. The number of aromatic nitrogens is 2. The summed E-state index contributed by atoms with van der Waals surface area (Å²) in [5.74, 6) is 0. The summed E-state index contributed by atoms with van der Waals surface area (Å²) < 4.78 is 0.